The van der Waals surface area contributed by atoms with Crippen molar-refractivity contribution in [1.82, 2.24) is 9.97 Å². The van der Waals surface area contributed by atoms with Crippen molar-refractivity contribution in [2.75, 3.05) is 19.2 Å². The van der Waals surface area contributed by atoms with Gasteiger partial charge in [0.25, 0.3) is 5.60 Å². The fourth-order valence-electron chi connectivity index (χ4n) is 4.02. The first-order chi connectivity index (χ1) is 17.8. The van der Waals surface area contributed by atoms with Crippen LogP contribution in [0.15, 0.2) is 59.8 Å². The average molecular weight is 561 g/mol. The molecule has 0 amide bonds. The lowest BCUT2D eigenvalue weighted by Crippen LogP contribution is -2.62. The second kappa shape index (κ2) is 9.95. The minimum absolute atomic E-state index is 0.0433. The first kappa shape index (κ1) is 27.5. The van der Waals surface area contributed by atoms with Crippen LogP contribution in [0.1, 0.15) is 18.0 Å². The predicted molar refractivity (Wildman–Crippen MR) is 126 cm³/mol. The Labute approximate surface area is 217 Å². The van der Waals surface area contributed by atoms with Gasteiger partial charge in [-0.05, 0) is 23.3 Å². The fraction of sp³-hybridized carbons (Fsp3) is 0.292. The van der Waals surface area contributed by atoms with Crippen molar-refractivity contribution in [3.8, 4) is 23.0 Å². The molecule has 0 radical (unpaired) electrons. The van der Waals surface area contributed by atoms with Crippen molar-refractivity contribution >= 4 is 23.0 Å². The van der Waals surface area contributed by atoms with Crippen molar-refractivity contribution in [2.45, 2.75) is 30.4 Å². The predicted octanol–water partition coefficient (Wildman–Crippen LogP) is 5.98. The minimum Gasteiger partial charge on any atom is -0.480 e. The molecule has 2 aromatic carbocycles. The minimum atomic E-state index is -6.07. The average Bonchev–Trinajstić information content (AvgIpc) is 3.32. The van der Waals surface area contributed by atoms with Crippen LogP contribution in [0.5, 0.6) is 11.9 Å². The number of hydrogen-bond donors (Lipinski definition) is 1. The molecule has 3 aromatic rings. The molecule has 0 aliphatic carbocycles. The molecule has 0 saturated carbocycles. The number of para-hydroxylation sites is 1. The molecule has 0 fully saturated rings. The topological polar surface area (TPSA) is 80.1 Å². The highest BCUT2D eigenvalue weighted by Gasteiger charge is 2.74. The van der Waals surface area contributed by atoms with E-state index in [1.54, 1.807) is 18.2 Å². The molecular formula is C24H19ClF6N4O3. The molecule has 38 heavy (non-hydrogen) atoms. The summed E-state index contributed by atoms with van der Waals surface area (Å²) in [6.07, 6.45) is -11.6. The molecule has 0 saturated heterocycles. The van der Waals surface area contributed by atoms with E-state index in [4.69, 9.17) is 21.1 Å². The number of aliphatic hydroxyl groups is 1. The highest BCUT2D eigenvalue weighted by Crippen LogP contribution is 2.49. The smallest absolute Gasteiger partial charge is 0.431 e. The quantitative estimate of drug-likeness (QED) is 0.374. The molecule has 1 N–H and O–H groups in total. The zero-order valence-electron chi connectivity index (χ0n) is 19.7. The zero-order valence-corrected chi connectivity index (χ0v) is 20.4. The van der Waals surface area contributed by atoms with Gasteiger partial charge >= 0.3 is 18.4 Å². The summed E-state index contributed by atoms with van der Waals surface area (Å²) in [7, 11) is 2.77. The Kier molecular flexibility index (Phi) is 7.19. The van der Waals surface area contributed by atoms with Crippen LogP contribution >= 0.6 is 11.6 Å². The van der Waals surface area contributed by atoms with E-state index in [1.165, 1.54) is 50.7 Å². The molecule has 1 aromatic heterocycles. The third kappa shape index (κ3) is 4.71. The Bertz CT molecular complexity index is 1330. The number of aromatic nitrogens is 2. The van der Waals surface area contributed by atoms with Gasteiger partial charge in [0.15, 0.2) is 0 Å². The highest BCUT2D eigenvalue weighted by atomic mass is 35.5. The van der Waals surface area contributed by atoms with Crippen molar-refractivity contribution in [3.63, 3.8) is 0 Å². The van der Waals surface area contributed by atoms with E-state index in [0.29, 0.717) is 16.7 Å². The summed E-state index contributed by atoms with van der Waals surface area (Å²) < 4.78 is 92.0. The van der Waals surface area contributed by atoms with Crippen molar-refractivity contribution in [1.29, 1.82) is 0 Å². The number of halogens is 7. The maximum absolute atomic E-state index is 13.6. The van der Waals surface area contributed by atoms with Crippen LogP contribution in [0.4, 0.5) is 32.0 Å². The van der Waals surface area contributed by atoms with Crippen molar-refractivity contribution in [3.05, 3.63) is 65.3 Å². The summed E-state index contributed by atoms with van der Waals surface area (Å²) in [5.41, 5.74) is -5.25. The molecule has 0 spiro atoms. The maximum atomic E-state index is 13.6. The standard InChI is InChI=1S/C24H19ClF6N4O3/c1-37-20-15(12-32-21(33-20)38-2)13-7-9-14(10-8-13)18-11-19(22(36,23(26,27)28)24(29,30)31)34-35(18)17-6-4-3-5-16(17)25/h3-10,12,18,36H,11H2,1-2H3. The Morgan fingerprint density at radius 2 is 1.58 bits per heavy atom. The molecule has 202 valence electrons. The van der Waals surface area contributed by atoms with Gasteiger partial charge < -0.3 is 14.6 Å². The summed E-state index contributed by atoms with van der Waals surface area (Å²) in [5.74, 6) is 0.189. The number of hydrogen-bond acceptors (Lipinski definition) is 7. The van der Waals surface area contributed by atoms with Gasteiger partial charge in [0, 0.05) is 12.6 Å². The van der Waals surface area contributed by atoms with E-state index in [1.807, 2.05) is 0 Å². The van der Waals surface area contributed by atoms with Crippen LogP contribution in [0.3, 0.4) is 0 Å². The molecular weight excluding hydrogens is 542 g/mol. The SMILES string of the molecule is COc1ncc(-c2ccc(C3CC(C(O)(C(F)(F)F)C(F)(F)F)=NN3c3ccccc3Cl)cc2)c(OC)n1. The van der Waals surface area contributed by atoms with Gasteiger partial charge in [-0.15, -0.1) is 0 Å². The summed E-state index contributed by atoms with van der Waals surface area (Å²) in [5, 5.41) is 14.6. The molecule has 7 nitrogen and oxygen atoms in total. The molecule has 1 aliphatic rings. The van der Waals surface area contributed by atoms with E-state index >= 15 is 0 Å². The second-order valence-corrected chi connectivity index (χ2v) is 8.58. The molecule has 2 heterocycles. The number of methoxy groups -OCH3 is 2. The van der Waals surface area contributed by atoms with Crippen LogP contribution in [-0.2, 0) is 0 Å². The summed E-state index contributed by atoms with van der Waals surface area (Å²) in [6.45, 7) is 0. The zero-order chi connectivity index (χ0) is 27.9. The highest BCUT2D eigenvalue weighted by molar-refractivity contribution is 6.33. The van der Waals surface area contributed by atoms with Crippen molar-refractivity contribution in [2.24, 2.45) is 5.10 Å². The molecule has 14 heteroatoms. The van der Waals surface area contributed by atoms with Gasteiger partial charge in [-0.2, -0.15) is 36.4 Å². The Morgan fingerprint density at radius 3 is 2.13 bits per heavy atom. The van der Waals surface area contributed by atoms with Crippen molar-refractivity contribution < 1.29 is 40.9 Å². The van der Waals surface area contributed by atoms with E-state index in [2.05, 4.69) is 15.1 Å². The van der Waals surface area contributed by atoms with Crippen LogP contribution < -0.4 is 14.5 Å². The van der Waals surface area contributed by atoms with Crippen LogP contribution in [0.2, 0.25) is 5.02 Å². The number of ether oxygens (including phenoxy) is 2. The Balaban J connectivity index is 1.78. The third-order valence-corrected chi connectivity index (χ3v) is 6.28. The normalized spacial score (nSPS) is 16.4. The second-order valence-electron chi connectivity index (χ2n) is 8.17. The van der Waals surface area contributed by atoms with E-state index < -0.39 is 36.1 Å². The van der Waals surface area contributed by atoms with E-state index in [0.717, 1.165) is 5.01 Å². The van der Waals surface area contributed by atoms with Crippen LogP contribution in [-0.4, -0.2) is 53.0 Å². The fourth-order valence-corrected chi connectivity index (χ4v) is 4.25. The molecule has 1 aliphatic heterocycles. The van der Waals surface area contributed by atoms with Gasteiger partial charge in [-0.1, -0.05) is 48.0 Å². The van der Waals surface area contributed by atoms with Crippen LogP contribution in [0, 0.1) is 0 Å². The van der Waals surface area contributed by atoms with E-state index in [-0.39, 0.29) is 22.6 Å². The number of hydrazone groups is 1. The van der Waals surface area contributed by atoms with Gasteiger partial charge in [-0.25, -0.2) is 4.98 Å². The molecule has 1 atom stereocenters. The maximum Gasteiger partial charge on any atom is 0.431 e. The molecule has 4 rings (SSSR count). The lowest BCUT2D eigenvalue weighted by molar-refractivity contribution is -0.338. The Morgan fingerprint density at radius 1 is 0.947 bits per heavy atom. The number of nitrogens with zero attached hydrogens (tertiary/aromatic N) is 4. The van der Waals surface area contributed by atoms with Gasteiger partial charge in [-0.3, -0.25) is 5.01 Å². The molecule has 1 unspecified atom stereocenters. The third-order valence-electron chi connectivity index (χ3n) is 5.96. The lowest BCUT2D eigenvalue weighted by atomic mass is 9.89. The monoisotopic (exact) mass is 560 g/mol. The Hall–Kier alpha value is -3.58. The van der Waals surface area contributed by atoms with Gasteiger partial charge in [0.1, 0.15) is 0 Å². The largest absolute Gasteiger partial charge is 0.480 e. The summed E-state index contributed by atoms with van der Waals surface area (Å²) in [6, 6.07) is 10.9. The lowest BCUT2D eigenvalue weighted by Gasteiger charge is -2.32. The molecule has 0 bridgehead atoms. The summed E-state index contributed by atoms with van der Waals surface area (Å²) in [4.78, 5) is 8.12. The van der Waals surface area contributed by atoms with Gasteiger partial charge in [0.2, 0.25) is 5.88 Å². The van der Waals surface area contributed by atoms with Gasteiger partial charge in [0.05, 0.1) is 42.2 Å². The van der Waals surface area contributed by atoms with Crippen LogP contribution in [0.25, 0.3) is 11.1 Å². The summed E-state index contributed by atoms with van der Waals surface area (Å²) >= 11 is 6.21. The first-order valence-corrected chi connectivity index (χ1v) is 11.2. The van der Waals surface area contributed by atoms with E-state index in [9.17, 15) is 31.4 Å². The first-order valence-electron chi connectivity index (χ1n) is 10.8. The number of benzene rings is 2. The number of alkyl halides is 6. The number of rotatable bonds is 6. The number of anilines is 1.